The van der Waals surface area contributed by atoms with Gasteiger partial charge in [-0.25, -0.2) is 0 Å². The van der Waals surface area contributed by atoms with Gasteiger partial charge in [0.1, 0.15) is 0 Å². The molecule has 6 heteroatoms. The first-order valence-electron chi connectivity index (χ1n) is 6.63. The van der Waals surface area contributed by atoms with E-state index in [1.807, 2.05) is 65.3 Å². The number of aromatic amines is 1. The summed E-state index contributed by atoms with van der Waals surface area (Å²) < 4.78 is 11.8. The fourth-order valence-electron chi connectivity index (χ4n) is 2.22. The van der Waals surface area contributed by atoms with Crippen molar-refractivity contribution >= 4 is 54.5 Å². The number of oxazole rings is 1. The van der Waals surface area contributed by atoms with Crippen LogP contribution in [-0.2, 0) is 0 Å². The number of hydrogen-bond donors (Lipinski definition) is 1. The van der Waals surface area contributed by atoms with Gasteiger partial charge in [-0.3, -0.25) is 0 Å². The summed E-state index contributed by atoms with van der Waals surface area (Å²) in [6.45, 7) is 0. The first-order chi connectivity index (χ1) is 10.6. The summed E-state index contributed by atoms with van der Waals surface area (Å²) in [5.41, 5.74) is 3.84. The maximum absolute atomic E-state index is 5.40. The van der Waals surface area contributed by atoms with E-state index in [-0.39, 0.29) is 0 Å². The van der Waals surface area contributed by atoms with Crippen LogP contribution < -0.4 is 9.64 Å². The molecule has 0 amide bonds. The number of aromatic nitrogens is 1. The topological polar surface area (TPSA) is 41.4 Å². The van der Waals surface area contributed by atoms with Crippen LogP contribution in [0.2, 0.25) is 0 Å². The average Bonchev–Trinajstić information content (AvgIpc) is 2.92. The van der Waals surface area contributed by atoms with Gasteiger partial charge in [0.25, 0.3) is 0 Å². The van der Waals surface area contributed by atoms with E-state index in [0.29, 0.717) is 4.84 Å². The molecule has 2 aromatic carbocycles. The molecule has 0 saturated carbocycles. The number of H-pyrrole nitrogens is 1. The molecule has 4 nitrogen and oxygen atoms in total. The van der Waals surface area contributed by atoms with Crippen LogP contribution in [0.1, 0.15) is 5.56 Å². The van der Waals surface area contributed by atoms with Crippen LogP contribution in [0.15, 0.2) is 46.9 Å². The molecule has 0 spiro atoms. The van der Waals surface area contributed by atoms with Gasteiger partial charge in [0.2, 0.25) is 0 Å². The molecule has 0 aliphatic heterocycles. The minimum atomic E-state index is 0.393. The summed E-state index contributed by atoms with van der Waals surface area (Å²) in [7, 11) is 3.71. The van der Waals surface area contributed by atoms with Gasteiger partial charge in [0, 0.05) is 0 Å². The molecule has 112 valence electrons. The Morgan fingerprint density at radius 1 is 1.27 bits per heavy atom. The average molecular weight is 426 g/mol. The Hall–Kier alpha value is -1.61. The van der Waals surface area contributed by atoms with E-state index in [2.05, 4.69) is 16.0 Å². The van der Waals surface area contributed by atoms with E-state index in [4.69, 9.17) is 21.4 Å². The van der Waals surface area contributed by atoms with Crippen molar-refractivity contribution in [1.29, 1.82) is 0 Å². The summed E-state index contributed by atoms with van der Waals surface area (Å²) in [5.74, 6) is 0.848. The summed E-state index contributed by atoms with van der Waals surface area (Å²) in [6.07, 6.45) is 0. The van der Waals surface area contributed by atoms with E-state index >= 15 is 0 Å². The van der Waals surface area contributed by atoms with E-state index < -0.39 is 0 Å². The van der Waals surface area contributed by atoms with Gasteiger partial charge in [-0.05, 0) is 0 Å². The summed E-state index contributed by atoms with van der Waals surface area (Å²) >= 11 is 7.02. The molecule has 22 heavy (non-hydrogen) atoms. The number of hydrogen-bond acceptors (Lipinski definition) is 4. The third-order valence-corrected chi connectivity index (χ3v) is 5.05. The van der Waals surface area contributed by atoms with Crippen LogP contribution in [0.3, 0.4) is 0 Å². The molecule has 0 fully saturated rings. The molecule has 0 aliphatic rings. The van der Waals surface area contributed by atoms with Gasteiger partial charge in [0.05, 0.1) is 0 Å². The summed E-state index contributed by atoms with van der Waals surface area (Å²) in [4.78, 5) is 5.56. The minimum absolute atomic E-state index is 0.393. The monoisotopic (exact) mass is 428 g/mol. The third kappa shape index (κ3) is 2.95. The van der Waals surface area contributed by atoms with Crippen molar-refractivity contribution < 1.29 is 9.15 Å². The summed E-state index contributed by atoms with van der Waals surface area (Å²) in [6, 6.07) is 14.0. The van der Waals surface area contributed by atoms with Crippen molar-refractivity contribution in [3.8, 4) is 5.75 Å². The van der Waals surface area contributed by atoms with Gasteiger partial charge >= 0.3 is 146 Å². The van der Waals surface area contributed by atoms with Gasteiger partial charge in [0.15, 0.2) is 0 Å². The number of rotatable bonds is 4. The number of ether oxygens (including phenoxy) is 1. The molecule has 0 aliphatic carbocycles. The third-order valence-electron chi connectivity index (χ3n) is 3.41. The molecule has 0 saturated heterocycles. The number of nitrogens with zero attached hydrogens (tertiary/aromatic N) is 1. The maximum atomic E-state index is 5.40. The Kier molecular flexibility index (Phi) is 4.34. The molecule has 3 rings (SSSR count). The van der Waals surface area contributed by atoms with E-state index in [1.165, 1.54) is 0 Å². The Bertz CT molecular complexity index is 900. The molecule has 0 atom stereocenters. The van der Waals surface area contributed by atoms with Gasteiger partial charge < -0.3 is 0 Å². The molecular formula is C16H14N2O2STe. The van der Waals surface area contributed by atoms with Crippen molar-refractivity contribution in [2.45, 2.75) is 0 Å². The Morgan fingerprint density at radius 3 is 2.86 bits per heavy atom. The second kappa shape index (κ2) is 6.25. The van der Waals surface area contributed by atoms with Crippen LogP contribution in [0.25, 0.3) is 11.1 Å². The molecule has 1 aromatic heterocycles. The standard InChI is InChI=1S/C16H14N2O2STe/c1-18(15(22)10-4-3-5-12(8-10)19-2)11-6-7-14-13(9-11)17-16(21)20-14/h3-9H,1-2H3,(H,17,21). The van der Waals surface area contributed by atoms with Crippen molar-refractivity contribution in [3.63, 3.8) is 0 Å². The zero-order valence-electron chi connectivity index (χ0n) is 12.1. The molecule has 1 N–H and O–H groups in total. The van der Waals surface area contributed by atoms with Crippen LogP contribution in [-0.4, -0.2) is 44.6 Å². The zero-order chi connectivity index (χ0) is 15.7. The quantitative estimate of drug-likeness (QED) is 0.514. The predicted molar refractivity (Wildman–Crippen MR) is 92.7 cm³/mol. The van der Waals surface area contributed by atoms with E-state index in [1.54, 1.807) is 7.11 Å². The molecule has 3 aromatic rings. The Labute approximate surface area is 146 Å². The molecule has 1 heterocycles. The molecular weight excluding hydrogens is 412 g/mol. The van der Waals surface area contributed by atoms with E-state index in [9.17, 15) is 0 Å². The fourth-order valence-corrected chi connectivity index (χ4v) is 3.08. The Morgan fingerprint density at radius 2 is 2.09 bits per heavy atom. The molecule has 0 unspecified atom stereocenters. The number of methoxy groups -OCH3 is 1. The van der Waals surface area contributed by atoms with Crippen LogP contribution >= 0.6 is 12.2 Å². The number of nitrogens with one attached hydrogen (secondary N) is 1. The first-order valence-corrected chi connectivity index (χ1v) is 8.21. The molecule has 0 bridgehead atoms. The van der Waals surface area contributed by atoms with Gasteiger partial charge in [-0.1, -0.05) is 0 Å². The SMILES string of the molecule is COc1cccc(C(=[Te])N(C)c2ccc3oc(=S)[nH]c3c2)c1. The van der Waals surface area contributed by atoms with Crippen molar-refractivity contribution in [2.24, 2.45) is 0 Å². The summed E-state index contributed by atoms with van der Waals surface area (Å²) in [5, 5.41) is 0. The van der Waals surface area contributed by atoms with Gasteiger partial charge in [-0.2, -0.15) is 0 Å². The predicted octanol–water partition coefficient (Wildman–Crippen LogP) is 3.28. The van der Waals surface area contributed by atoms with Crippen molar-refractivity contribution in [2.75, 3.05) is 19.1 Å². The van der Waals surface area contributed by atoms with Gasteiger partial charge in [-0.15, -0.1) is 0 Å². The second-order valence-electron chi connectivity index (χ2n) is 4.79. The number of benzene rings is 2. The number of anilines is 1. The Balaban J connectivity index is 1.94. The molecule has 0 radical (unpaired) electrons. The number of fused-ring (bicyclic) bond motifs is 1. The first kappa shape index (κ1) is 15.3. The van der Waals surface area contributed by atoms with Crippen LogP contribution in [0.5, 0.6) is 5.75 Å². The van der Waals surface area contributed by atoms with Crippen molar-refractivity contribution in [1.82, 2.24) is 4.98 Å². The zero-order valence-corrected chi connectivity index (χ0v) is 15.3. The fraction of sp³-hybridized carbons (Fsp3) is 0.125. The van der Waals surface area contributed by atoms with Crippen LogP contribution in [0, 0.1) is 4.84 Å². The van der Waals surface area contributed by atoms with Crippen LogP contribution in [0.4, 0.5) is 5.69 Å². The van der Waals surface area contributed by atoms with Crippen molar-refractivity contribution in [3.05, 3.63) is 52.9 Å². The second-order valence-corrected chi connectivity index (χ2v) is 6.27. The van der Waals surface area contributed by atoms with E-state index in [0.717, 1.165) is 31.8 Å². The normalized spacial score (nSPS) is 10.6.